The van der Waals surface area contributed by atoms with Crippen molar-refractivity contribution in [3.63, 3.8) is 0 Å². The van der Waals surface area contributed by atoms with Crippen molar-refractivity contribution in [1.82, 2.24) is 0 Å². The van der Waals surface area contributed by atoms with E-state index in [1.807, 2.05) is 13.0 Å². The third-order valence-corrected chi connectivity index (χ3v) is 1.74. The summed E-state index contributed by atoms with van der Waals surface area (Å²) in [7, 11) is 0. The van der Waals surface area contributed by atoms with E-state index in [4.69, 9.17) is 10.5 Å². The number of hydrogen-bond donors (Lipinski definition) is 1. The Morgan fingerprint density at radius 2 is 2.14 bits per heavy atom. The molecule has 1 aromatic carbocycles. The monoisotopic (exact) mass is 201 g/mol. The number of halogens is 2. The smallest absolute Gasteiger partial charge is 0.293 e. The van der Waals surface area contributed by atoms with Gasteiger partial charge >= 0.3 is 0 Å². The quantitative estimate of drug-likeness (QED) is 0.808. The van der Waals surface area contributed by atoms with Crippen LogP contribution in [0.4, 0.5) is 8.78 Å². The molecule has 0 atom stereocenters. The Kier molecular flexibility index (Phi) is 3.41. The normalized spacial score (nSPS) is 11.4. The summed E-state index contributed by atoms with van der Waals surface area (Å²) in [4.78, 5) is 0. The van der Waals surface area contributed by atoms with Gasteiger partial charge in [0.05, 0.1) is 6.54 Å². The van der Waals surface area contributed by atoms with E-state index < -0.39 is 19.1 Å². The van der Waals surface area contributed by atoms with E-state index >= 15 is 0 Å². The molecule has 2 N–H and O–H groups in total. The second-order valence-corrected chi connectivity index (χ2v) is 3.17. The molecule has 78 valence electrons. The maximum absolute atomic E-state index is 12.7. The molecule has 0 aliphatic carbocycles. The molecule has 0 fully saturated rings. The summed E-state index contributed by atoms with van der Waals surface area (Å²) in [6.45, 7) is 0.500. The highest BCUT2D eigenvalue weighted by molar-refractivity contribution is 5.27. The molecule has 0 saturated heterocycles. The molecule has 0 heterocycles. The number of nitrogens with two attached hydrogens (primary N) is 1. The molecule has 1 rings (SSSR count). The number of hydrogen-bond acceptors (Lipinski definition) is 2. The van der Waals surface area contributed by atoms with Crippen LogP contribution >= 0.6 is 0 Å². The van der Waals surface area contributed by atoms with Crippen molar-refractivity contribution < 1.29 is 13.5 Å². The predicted octanol–water partition coefficient (Wildman–Crippen LogP) is 1.97. The summed E-state index contributed by atoms with van der Waals surface area (Å²) in [6.07, 6.45) is 0. The second-order valence-electron chi connectivity index (χ2n) is 3.17. The Bertz CT molecular complexity index is 302. The van der Waals surface area contributed by atoms with Crippen molar-refractivity contribution in [3.05, 3.63) is 29.8 Å². The molecule has 0 aliphatic rings. The summed E-state index contributed by atoms with van der Waals surface area (Å²) in [5.74, 6) is -2.51. The molecule has 0 saturated carbocycles. The van der Waals surface area contributed by atoms with Gasteiger partial charge in [-0.25, -0.2) is 8.78 Å². The zero-order chi connectivity index (χ0) is 10.6. The topological polar surface area (TPSA) is 35.2 Å². The molecule has 0 unspecified atom stereocenters. The van der Waals surface area contributed by atoms with Gasteiger partial charge in [0.2, 0.25) is 0 Å². The van der Waals surface area contributed by atoms with Crippen LogP contribution in [0.25, 0.3) is 0 Å². The van der Waals surface area contributed by atoms with Crippen molar-refractivity contribution in [2.45, 2.75) is 12.8 Å². The molecular formula is C10H13F2NO. The lowest BCUT2D eigenvalue weighted by Crippen LogP contribution is -2.34. The summed E-state index contributed by atoms with van der Waals surface area (Å²) in [5.41, 5.74) is 5.84. The van der Waals surface area contributed by atoms with Crippen LogP contribution < -0.4 is 10.5 Å². The first-order chi connectivity index (χ1) is 6.53. The molecule has 0 aliphatic heterocycles. The highest BCUT2D eigenvalue weighted by Gasteiger charge is 2.27. The van der Waals surface area contributed by atoms with Gasteiger partial charge in [-0.1, -0.05) is 12.1 Å². The Morgan fingerprint density at radius 3 is 2.71 bits per heavy atom. The van der Waals surface area contributed by atoms with Crippen LogP contribution in [0.5, 0.6) is 5.75 Å². The fourth-order valence-corrected chi connectivity index (χ4v) is 0.953. The molecule has 2 nitrogen and oxygen atoms in total. The van der Waals surface area contributed by atoms with Crippen molar-refractivity contribution in [3.8, 4) is 5.75 Å². The van der Waals surface area contributed by atoms with Crippen LogP contribution in [0.3, 0.4) is 0 Å². The van der Waals surface area contributed by atoms with E-state index in [9.17, 15) is 8.78 Å². The zero-order valence-corrected chi connectivity index (χ0v) is 7.97. The van der Waals surface area contributed by atoms with Gasteiger partial charge in [0, 0.05) is 0 Å². The van der Waals surface area contributed by atoms with E-state index in [0.717, 1.165) is 5.56 Å². The number of ether oxygens (including phenoxy) is 1. The third-order valence-electron chi connectivity index (χ3n) is 1.74. The molecule has 1 aromatic rings. The Morgan fingerprint density at radius 1 is 1.43 bits per heavy atom. The molecule has 0 bridgehead atoms. The van der Waals surface area contributed by atoms with Crippen LogP contribution in [-0.4, -0.2) is 19.1 Å². The summed E-state index contributed by atoms with van der Waals surface area (Å²) in [6, 6.07) is 6.96. The Hall–Kier alpha value is -1.16. The fraction of sp³-hybridized carbons (Fsp3) is 0.400. The van der Waals surface area contributed by atoms with Gasteiger partial charge in [-0.3, -0.25) is 0 Å². The SMILES string of the molecule is Cc1cccc(OCC(F)(F)CN)c1. The van der Waals surface area contributed by atoms with E-state index in [1.54, 1.807) is 18.2 Å². The minimum absolute atomic E-state index is 0.443. The lowest BCUT2D eigenvalue weighted by Gasteiger charge is -2.14. The van der Waals surface area contributed by atoms with Crippen molar-refractivity contribution in [1.29, 1.82) is 0 Å². The van der Waals surface area contributed by atoms with Crippen LogP contribution in [-0.2, 0) is 0 Å². The van der Waals surface area contributed by atoms with Crippen LogP contribution in [0.15, 0.2) is 24.3 Å². The van der Waals surface area contributed by atoms with E-state index in [1.165, 1.54) is 0 Å². The van der Waals surface area contributed by atoms with Crippen LogP contribution in [0.2, 0.25) is 0 Å². The van der Waals surface area contributed by atoms with E-state index in [0.29, 0.717) is 5.75 Å². The maximum Gasteiger partial charge on any atom is 0.293 e. The van der Waals surface area contributed by atoms with Crippen LogP contribution in [0, 0.1) is 6.92 Å². The first-order valence-corrected chi connectivity index (χ1v) is 4.31. The van der Waals surface area contributed by atoms with Gasteiger partial charge in [-0.05, 0) is 24.6 Å². The lowest BCUT2D eigenvalue weighted by atomic mass is 10.2. The highest BCUT2D eigenvalue weighted by atomic mass is 19.3. The molecule has 0 radical (unpaired) electrons. The zero-order valence-electron chi connectivity index (χ0n) is 7.97. The standard InChI is InChI=1S/C10H13F2NO/c1-8-3-2-4-9(5-8)14-7-10(11,12)6-13/h2-5H,6-7,13H2,1H3. The highest BCUT2D eigenvalue weighted by Crippen LogP contribution is 2.17. The molecule has 0 spiro atoms. The molecule has 0 aromatic heterocycles. The Labute approximate surface area is 81.7 Å². The van der Waals surface area contributed by atoms with Gasteiger partial charge in [0.25, 0.3) is 5.92 Å². The average Bonchev–Trinajstić information content (AvgIpc) is 2.15. The van der Waals surface area contributed by atoms with Gasteiger partial charge in [0.15, 0.2) is 6.61 Å². The molecular weight excluding hydrogens is 188 g/mol. The summed E-state index contributed by atoms with van der Waals surface area (Å²) >= 11 is 0. The fourth-order valence-electron chi connectivity index (χ4n) is 0.953. The summed E-state index contributed by atoms with van der Waals surface area (Å²) in [5, 5.41) is 0. The number of benzene rings is 1. The predicted molar refractivity (Wildman–Crippen MR) is 50.7 cm³/mol. The average molecular weight is 201 g/mol. The molecule has 14 heavy (non-hydrogen) atoms. The van der Waals surface area contributed by atoms with E-state index in [-0.39, 0.29) is 0 Å². The Balaban J connectivity index is 2.54. The van der Waals surface area contributed by atoms with Crippen LogP contribution in [0.1, 0.15) is 5.56 Å². The lowest BCUT2D eigenvalue weighted by molar-refractivity contribution is -0.0319. The molecule has 0 amide bonds. The van der Waals surface area contributed by atoms with Crippen molar-refractivity contribution in [2.24, 2.45) is 5.73 Å². The first-order valence-electron chi connectivity index (χ1n) is 4.31. The van der Waals surface area contributed by atoms with Crippen molar-refractivity contribution >= 4 is 0 Å². The van der Waals surface area contributed by atoms with Gasteiger partial charge < -0.3 is 10.5 Å². The first kappa shape index (κ1) is 10.9. The number of aryl methyl sites for hydroxylation is 1. The van der Waals surface area contributed by atoms with Gasteiger partial charge in [-0.15, -0.1) is 0 Å². The third kappa shape index (κ3) is 3.30. The minimum atomic E-state index is -2.95. The largest absolute Gasteiger partial charge is 0.487 e. The molecule has 4 heteroatoms. The number of rotatable bonds is 4. The van der Waals surface area contributed by atoms with Gasteiger partial charge in [0.1, 0.15) is 5.75 Å². The van der Waals surface area contributed by atoms with E-state index in [2.05, 4.69) is 0 Å². The maximum atomic E-state index is 12.7. The number of alkyl halides is 2. The summed E-state index contributed by atoms with van der Waals surface area (Å²) < 4.78 is 30.3. The second kappa shape index (κ2) is 4.37. The minimum Gasteiger partial charge on any atom is -0.487 e. The van der Waals surface area contributed by atoms with Crippen molar-refractivity contribution in [2.75, 3.05) is 13.2 Å². The van der Waals surface area contributed by atoms with Gasteiger partial charge in [-0.2, -0.15) is 0 Å².